The fraction of sp³-hybridized carbons (Fsp3) is 0.529. The second-order valence-corrected chi connectivity index (χ2v) is 6.41. The first-order chi connectivity index (χ1) is 11.0. The average Bonchev–Trinajstić information content (AvgIpc) is 2.61. The number of carbonyl (C=O) groups excluding carboxylic acids is 2. The first-order valence-electron chi connectivity index (χ1n) is 7.80. The third-order valence-electron chi connectivity index (χ3n) is 4.55. The summed E-state index contributed by atoms with van der Waals surface area (Å²) in [6.07, 6.45) is 1.79. The van der Waals surface area contributed by atoms with Gasteiger partial charge in [-0.2, -0.15) is 12.6 Å². The maximum atomic E-state index is 12.4. The van der Waals surface area contributed by atoms with Gasteiger partial charge in [0.25, 0.3) is 0 Å². The van der Waals surface area contributed by atoms with Crippen LogP contribution in [0.3, 0.4) is 0 Å². The predicted molar refractivity (Wildman–Crippen MR) is 92.2 cm³/mol. The molecule has 23 heavy (non-hydrogen) atoms. The molecule has 0 aliphatic carbocycles. The minimum absolute atomic E-state index is 0.0989. The quantitative estimate of drug-likeness (QED) is 0.627. The SMILES string of the molecule is COC(=O)C1(Cc2ccccc2)CCN(C(=O)[C@@H](N)CS)CC1. The number of ether oxygens (including phenoxy) is 1. The molecule has 1 aromatic carbocycles. The van der Waals surface area contributed by atoms with Crippen LogP contribution in [0.2, 0.25) is 0 Å². The minimum atomic E-state index is -0.585. The number of nitrogens with two attached hydrogens (primary N) is 1. The fourth-order valence-corrected chi connectivity index (χ4v) is 3.28. The number of piperidine rings is 1. The number of amides is 1. The molecule has 0 bridgehead atoms. The summed E-state index contributed by atoms with van der Waals surface area (Å²) >= 11 is 4.08. The lowest BCUT2D eigenvalue weighted by Crippen LogP contribution is -2.52. The van der Waals surface area contributed by atoms with E-state index in [1.54, 1.807) is 4.90 Å². The van der Waals surface area contributed by atoms with E-state index >= 15 is 0 Å². The van der Waals surface area contributed by atoms with Crippen LogP contribution in [0.1, 0.15) is 18.4 Å². The molecule has 0 unspecified atom stereocenters. The molecular weight excluding hydrogens is 312 g/mol. The molecule has 5 nitrogen and oxygen atoms in total. The van der Waals surface area contributed by atoms with Gasteiger partial charge in [0.15, 0.2) is 0 Å². The van der Waals surface area contributed by atoms with E-state index in [1.165, 1.54) is 7.11 Å². The Bertz CT molecular complexity index is 542. The summed E-state index contributed by atoms with van der Waals surface area (Å²) in [6.45, 7) is 1.03. The predicted octanol–water partition coefficient (Wildman–Crippen LogP) is 1.27. The highest BCUT2D eigenvalue weighted by Crippen LogP contribution is 2.36. The van der Waals surface area contributed by atoms with Crippen molar-refractivity contribution in [3.05, 3.63) is 35.9 Å². The molecule has 1 aliphatic heterocycles. The number of nitrogens with zero attached hydrogens (tertiary/aromatic N) is 1. The number of hydrogen-bond acceptors (Lipinski definition) is 5. The van der Waals surface area contributed by atoms with E-state index in [0.717, 1.165) is 5.56 Å². The van der Waals surface area contributed by atoms with Crippen LogP contribution in [-0.4, -0.2) is 48.8 Å². The maximum absolute atomic E-state index is 12.4. The summed E-state index contributed by atoms with van der Waals surface area (Å²) in [5.41, 5.74) is 6.30. The molecule has 126 valence electrons. The highest BCUT2D eigenvalue weighted by Gasteiger charge is 2.43. The second-order valence-electron chi connectivity index (χ2n) is 6.05. The van der Waals surface area contributed by atoms with Gasteiger partial charge in [-0.15, -0.1) is 0 Å². The van der Waals surface area contributed by atoms with Crippen LogP contribution in [0.4, 0.5) is 0 Å². The molecule has 0 radical (unpaired) electrons. The molecule has 6 heteroatoms. The monoisotopic (exact) mass is 336 g/mol. The first kappa shape index (κ1) is 17.8. The van der Waals surface area contributed by atoms with Gasteiger partial charge in [0.05, 0.1) is 18.6 Å². The maximum Gasteiger partial charge on any atom is 0.312 e. The Morgan fingerprint density at radius 2 is 1.91 bits per heavy atom. The first-order valence-corrected chi connectivity index (χ1v) is 8.43. The summed E-state index contributed by atoms with van der Waals surface area (Å²) in [5.74, 6) is 0.0201. The van der Waals surface area contributed by atoms with E-state index in [0.29, 0.717) is 38.1 Å². The van der Waals surface area contributed by atoms with Gasteiger partial charge in [-0.3, -0.25) is 9.59 Å². The molecule has 1 fully saturated rings. The van der Waals surface area contributed by atoms with Crippen molar-refractivity contribution >= 4 is 24.5 Å². The Kier molecular flexibility index (Phi) is 6.07. The number of methoxy groups -OCH3 is 1. The van der Waals surface area contributed by atoms with Crippen molar-refractivity contribution in [2.45, 2.75) is 25.3 Å². The third kappa shape index (κ3) is 4.06. The molecule has 1 atom stereocenters. The van der Waals surface area contributed by atoms with Crippen LogP contribution in [0.25, 0.3) is 0 Å². The van der Waals surface area contributed by atoms with Crippen LogP contribution in [0.5, 0.6) is 0 Å². The number of benzene rings is 1. The summed E-state index contributed by atoms with van der Waals surface area (Å²) in [4.78, 5) is 26.3. The summed E-state index contributed by atoms with van der Waals surface area (Å²) in [6, 6.07) is 9.32. The largest absolute Gasteiger partial charge is 0.469 e. The van der Waals surface area contributed by atoms with Crippen molar-refractivity contribution < 1.29 is 14.3 Å². The molecule has 2 rings (SSSR count). The van der Waals surface area contributed by atoms with Crippen LogP contribution in [0, 0.1) is 5.41 Å². The lowest BCUT2D eigenvalue weighted by molar-refractivity contribution is -0.157. The topological polar surface area (TPSA) is 72.6 Å². The standard InChI is InChI=1S/C17H24N2O3S/c1-22-16(21)17(11-13-5-3-2-4-6-13)7-9-19(10-8-17)15(20)14(18)12-23/h2-6,14,23H,7-12,18H2,1H3/t14-/m0/s1. The Balaban J connectivity index is 2.11. The summed E-state index contributed by atoms with van der Waals surface area (Å²) < 4.78 is 5.05. The molecular formula is C17H24N2O3S. The Labute approximate surface area is 142 Å². The van der Waals surface area contributed by atoms with Crippen LogP contribution in [-0.2, 0) is 20.7 Å². The fourth-order valence-electron chi connectivity index (χ4n) is 3.12. The van der Waals surface area contributed by atoms with Gasteiger partial charge in [0, 0.05) is 18.8 Å². The van der Waals surface area contributed by atoms with E-state index in [4.69, 9.17) is 10.5 Å². The van der Waals surface area contributed by atoms with Gasteiger partial charge < -0.3 is 15.4 Å². The smallest absolute Gasteiger partial charge is 0.312 e. The van der Waals surface area contributed by atoms with Crippen molar-refractivity contribution in [1.82, 2.24) is 4.90 Å². The summed E-state index contributed by atoms with van der Waals surface area (Å²) in [5, 5.41) is 0. The highest BCUT2D eigenvalue weighted by molar-refractivity contribution is 7.80. The molecule has 1 amide bonds. The molecule has 1 heterocycles. The van der Waals surface area contributed by atoms with Gasteiger partial charge in [-0.25, -0.2) is 0 Å². The number of hydrogen-bond donors (Lipinski definition) is 2. The van der Waals surface area contributed by atoms with E-state index in [9.17, 15) is 9.59 Å². The van der Waals surface area contributed by atoms with Gasteiger partial charge in [-0.1, -0.05) is 30.3 Å². The second kappa shape index (κ2) is 7.84. The normalized spacial score (nSPS) is 18.3. The van der Waals surface area contributed by atoms with Crippen molar-refractivity contribution in [2.75, 3.05) is 26.0 Å². The van der Waals surface area contributed by atoms with Gasteiger partial charge in [-0.05, 0) is 24.8 Å². The molecule has 1 aliphatic rings. The highest BCUT2D eigenvalue weighted by atomic mass is 32.1. The van der Waals surface area contributed by atoms with Crippen LogP contribution >= 0.6 is 12.6 Å². The van der Waals surface area contributed by atoms with Crippen molar-refractivity contribution in [3.63, 3.8) is 0 Å². The lowest BCUT2D eigenvalue weighted by Gasteiger charge is -2.40. The number of esters is 1. The van der Waals surface area contributed by atoms with Gasteiger partial charge in [0.1, 0.15) is 0 Å². The lowest BCUT2D eigenvalue weighted by atomic mass is 9.73. The average molecular weight is 336 g/mol. The third-order valence-corrected chi connectivity index (χ3v) is 4.94. The van der Waals surface area contributed by atoms with Crippen molar-refractivity contribution in [1.29, 1.82) is 0 Å². The molecule has 0 spiro atoms. The Morgan fingerprint density at radius 1 is 1.30 bits per heavy atom. The minimum Gasteiger partial charge on any atom is -0.469 e. The van der Waals surface area contributed by atoms with E-state index in [1.807, 2.05) is 30.3 Å². The van der Waals surface area contributed by atoms with Crippen molar-refractivity contribution in [2.24, 2.45) is 11.1 Å². The molecule has 1 aromatic rings. The van der Waals surface area contributed by atoms with Crippen LogP contribution in [0.15, 0.2) is 30.3 Å². The van der Waals surface area contributed by atoms with Crippen molar-refractivity contribution in [3.8, 4) is 0 Å². The van der Waals surface area contributed by atoms with Gasteiger partial charge in [0.2, 0.25) is 5.91 Å². The number of carbonyl (C=O) groups is 2. The number of rotatable bonds is 5. The number of likely N-dealkylation sites (tertiary alicyclic amines) is 1. The molecule has 1 saturated heterocycles. The van der Waals surface area contributed by atoms with Crippen LogP contribution < -0.4 is 5.73 Å². The molecule has 0 aromatic heterocycles. The van der Waals surface area contributed by atoms with Gasteiger partial charge >= 0.3 is 5.97 Å². The number of thiol groups is 1. The zero-order chi connectivity index (χ0) is 16.9. The summed E-state index contributed by atoms with van der Waals surface area (Å²) in [7, 11) is 1.42. The molecule has 0 saturated carbocycles. The zero-order valence-corrected chi connectivity index (χ0v) is 14.3. The zero-order valence-electron chi connectivity index (χ0n) is 13.4. The van der Waals surface area contributed by atoms with E-state index in [2.05, 4.69) is 12.6 Å². The Hall–Kier alpha value is -1.53. The van der Waals surface area contributed by atoms with E-state index in [-0.39, 0.29) is 11.9 Å². The molecule has 2 N–H and O–H groups in total. The van der Waals surface area contributed by atoms with E-state index < -0.39 is 11.5 Å². The Morgan fingerprint density at radius 3 is 2.43 bits per heavy atom.